The van der Waals surface area contributed by atoms with E-state index in [1.165, 1.54) is 0 Å². The number of carbonyl (C=O) groups excluding carboxylic acids is 1. The summed E-state index contributed by atoms with van der Waals surface area (Å²) in [6, 6.07) is 5.40. The molecule has 14 heavy (non-hydrogen) atoms. The maximum Gasteiger partial charge on any atom is 0.417 e. The Morgan fingerprint density at radius 1 is 1.43 bits per heavy atom. The molecule has 1 heterocycles. The summed E-state index contributed by atoms with van der Waals surface area (Å²) in [5.74, 6) is -0.460. The van der Waals surface area contributed by atoms with E-state index in [-0.39, 0.29) is 0 Å². The smallest absolute Gasteiger partial charge is 0.408 e. The standard InChI is InChI=1S/C10H9NO3/c12-6-2-4-7-3-1-5-8-9(7)11-10(13)14-8/h1,3,5-6H,2,4H2,(H,11,13). The molecule has 0 amide bonds. The number of aromatic nitrogens is 1. The van der Waals surface area contributed by atoms with Gasteiger partial charge in [-0.1, -0.05) is 12.1 Å². The van der Waals surface area contributed by atoms with Crippen LogP contribution in [0.1, 0.15) is 12.0 Å². The molecule has 0 saturated carbocycles. The van der Waals surface area contributed by atoms with Gasteiger partial charge in [-0.3, -0.25) is 4.98 Å². The molecule has 1 N–H and O–H groups in total. The fraction of sp³-hybridized carbons (Fsp3) is 0.200. The Morgan fingerprint density at radius 2 is 2.29 bits per heavy atom. The van der Waals surface area contributed by atoms with Crippen LogP contribution in [0, 0.1) is 0 Å². The van der Waals surface area contributed by atoms with Gasteiger partial charge in [0.05, 0.1) is 5.52 Å². The lowest BCUT2D eigenvalue weighted by Gasteiger charge is -1.97. The molecule has 0 unspecified atom stereocenters. The average molecular weight is 191 g/mol. The van der Waals surface area contributed by atoms with Crippen molar-refractivity contribution in [1.29, 1.82) is 0 Å². The van der Waals surface area contributed by atoms with E-state index >= 15 is 0 Å². The summed E-state index contributed by atoms with van der Waals surface area (Å²) in [6.45, 7) is 0. The third-order valence-electron chi connectivity index (χ3n) is 2.07. The van der Waals surface area contributed by atoms with Crippen LogP contribution in [0.5, 0.6) is 0 Å². The maximum atomic E-state index is 10.9. The molecular formula is C10H9NO3. The Morgan fingerprint density at radius 3 is 3.07 bits per heavy atom. The van der Waals surface area contributed by atoms with E-state index in [1.54, 1.807) is 12.1 Å². The van der Waals surface area contributed by atoms with Crippen molar-refractivity contribution in [2.45, 2.75) is 12.8 Å². The number of fused-ring (bicyclic) bond motifs is 1. The van der Waals surface area contributed by atoms with Gasteiger partial charge in [-0.2, -0.15) is 0 Å². The van der Waals surface area contributed by atoms with Crippen molar-refractivity contribution >= 4 is 17.4 Å². The molecule has 0 aliphatic heterocycles. The predicted molar refractivity (Wildman–Crippen MR) is 51.2 cm³/mol. The molecule has 0 saturated heterocycles. The third kappa shape index (κ3) is 1.46. The van der Waals surface area contributed by atoms with Crippen LogP contribution >= 0.6 is 0 Å². The number of para-hydroxylation sites is 1. The molecule has 4 nitrogen and oxygen atoms in total. The van der Waals surface area contributed by atoms with E-state index in [0.717, 1.165) is 11.8 Å². The molecule has 0 aliphatic rings. The van der Waals surface area contributed by atoms with E-state index in [2.05, 4.69) is 4.98 Å². The van der Waals surface area contributed by atoms with Crippen molar-refractivity contribution in [1.82, 2.24) is 4.98 Å². The number of aromatic amines is 1. The molecular weight excluding hydrogens is 182 g/mol. The Balaban J connectivity index is 2.52. The van der Waals surface area contributed by atoms with Crippen LogP contribution in [0.25, 0.3) is 11.1 Å². The van der Waals surface area contributed by atoms with E-state index < -0.39 is 5.76 Å². The molecule has 72 valence electrons. The Hall–Kier alpha value is -1.84. The largest absolute Gasteiger partial charge is 0.417 e. The van der Waals surface area contributed by atoms with Gasteiger partial charge < -0.3 is 9.21 Å². The molecule has 0 atom stereocenters. The second-order valence-electron chi connectivity index (χ2n) is 3.01. The van der Waals surface area contributed by atoms with Crippen molar-refractivity contribution in [2.75, 3.05) is 0 Å². The van der Waals surface area contributed by atoms with E-state index in [1.807, 2.05) is 6.07 Å². The summed E-state index contributed by atoms with van der Waals surface area (Å²) in [6.07, 6.45) is 1.93. The van der Waals surface area contributed by atoms with Crippen LogP contribution in [0.2, 0.25) is 0 Å². The van der Waals surface area contributed by atoms with E-state index in [4.69, 9.17) is 4.42 Å². The Bertz CT molecular complexity index is 509. The first-order valence-corrected chi connectivity index (χ1v) is 4.35. The van der Waals surface area contributed by atoms with Crippen molar-refractivity contribution in [2.24, 2.45) is 0 Å². The Labute approximate surface area is 79.5 Å². The molecule has 4 heteroatoms. The molecule has 2 rings (SSSR count). The summed E-state index contributed by atoms with van der Waals surface area (Å²) in [7, 11) is 0. The minimum atomic E-state index is -0.460. The summed E-state index contributed by atoms with van der Waals surface area (Å²) in [5, 5.41) is 0. The van der Waals surface area contributed by atoms with Gasteiger partial charge in [0, 0.05) is 6.42 Å². The number of carbonyl (C=O) groups is 1. The number of oxazole rings is 1. The summed E-state index contributed by atoms with van der Waals surface area (Å²) in [4.78, 5) is 23.7. The number of hydrogen-bond acceptors (Lipinski definition) is 3. The van der Waals surface area contributed by atoms with Gasteiger partial charge in [0.15, 0.2) is 5.58 Å². The lowest BCUT2D eigenvalue weighted by Crippen LogP contribution is -1.95. The first-order chi connectivity index (χ1) is 6.81. The van der Waals surface area contributed by atoms with Gasteiger partial charge >= 0.3 is 5.76 Å². The van der Waals surface area contributed by atoms with Gasteiger partial charge in [0.1, 0.15) is 6.29 Å². The van der Waals surface area contributed by atoms with Crippen LogP contribution in [0.15, 0.2) is 27.4 Å². The minimum Gasteiger partial charge on any atom is -0.408 e. The molecule has 1 aromatic heterocycles. The zero-order valence-electron chi connectivity index (χ0n) is 7.45. The number of H-pyrrole nitrogens is 1. The molecule has 2 aromatic rings. The average Bonchev–Trinajstić information content (AvgIpc) is 2.55. The number of rotatable bonds is 3. The van der Waals surface area contributed by atoms with Crippen LogP contribution in [-0.2, 0) is 11.2 Å². The van der Waals surface area contributed by atoms with Gasteiger partial charge in [-0.25, -0.2) is 4.79 Å². The van der Waals surface area contributed by atoms with Crippen molar-refractivity contribution in [3.8, 4) is 0 Å². The number of hydrogen-bond donors (Lipinski definition) is 1. The van der Waals surface area contributed by atoms with E-state index in [0.29, 0.717) is 23.9 Å². The van der Waals surface area contributed by atoms with Crippen molar-refractivity contribution in [3.63, 3.8) is 0 Å². The predicted octanol–water partition coefficient (Wildman–Crippen LogP) is 1.25. The van der Waals surface area contributed by atoms with Crippen LogP contribution < -0.4 is 5.76 Å². The zero-order chi connectivity index (χ0) is 9.97. The first kappa shape index (κ1) is 8.74. The quantitative estimate of drug-likeness (QED) is 0.742. The van der Waals surface area contributed by atoms with Crippen molar-refractivity contribution in [3.05, 3.63) is 34.3 Å². The SMILES string of the molecule is O=CCCc1cccc2oc(=O)[nH]c12. The molecule has 1 aromatic carbocycles. The summed E-state index contributed by atoms with van der Waals surface area (Å²) >= 11 is 0. The molecule has 0 aliphatic carbocycles. The fourth-order valence-electron chi connectivity index (χ4n) is 1.45. The fourth-order valence-corrected chi connectivity index (χ4v) is 1.45. The van der Waals surface area contributed by atoms with Crippen LogP contribution in [-0.4, -0.2) is 11.3 Å². The molecule has 0 bridgehead atoms. The maximum absolute atomic E-state index is 10.9. The summed E-state index contributed by atoms with van der Waals surface area (Å²) < 4.78 is 4.89. The van der Waals surface area contributed by atoms with Gasteiger partial charge in [-0.15, -0.1) is 0 Å². The summed E-state index contributed by atoms with van der Waals surface area (Å²) in [5.41, 5.74) is 2.16. The van der Waals surface area contributed by atoms with Gasteiger partial charge in [0.2, 0.25) is 0 Å². The molecule has 0 fully saturated rings. The second kappa shape index (κ2) is 3.49. The van der Waals surface area contributed by atoms with E-state index in [9.17, 15) is 9.59 Å². The zero-order valence-corrected chi connectivity index (χ0v) is 7.45. The number of aryl methyl sites for hydroxylation is 1. The molecule has 0 radical (unpaired) electrons. The highest BCUT2D eigenvalue weighted by atomic mass is 16.4. The number of aldehydes is 1. The van der Waals surface area contributed by atoms with Crippen molar-refractivity contribution < 1.29 is 9.21 Å². The Kier molecular flexibility index (Phi) is 2.18. The van der Waals surface area contributed by atoms with Gasteiger partial charge in [-0.05, 0) is 18.1 Å². The molecule has 0 spiro atoms. The highest BCUT2D eigenvalue weighted by Gasteiger charge is 2.04. The minimum absolute atomic E-state index is 0.451. The third-order valence-corrected chi connectivity index (χ3v) is 2.07. The normalized spacial score (nSPS) is 10.6. The number of benzene rings is 1. The highest BCUT2D eigenvalue weighted by Crippen LogP contribution is 2.15. The lowest BCUT2D eigenvalue weighted by atomic mass is 10.1. The van der Waals surface area contributed by atoms with Crippen LogP contribution in [0.3, 0.4) is 0 Å². The second-order valence-corrected chi connectivity index (χ2v) is 3.01. The number of nitrogens with one attached hydrogen (secondary N) is 1. The topological polar surface area (TPSA) is 63.1 Å². The lowest BCUT2D eigenvalue weighted by molar-refractivity contribution is -0.107. The van der Waals surface area contributed by atoms with Crippen LogP contribution in [0.4, 0.5) is 0 Å². The first-order valence-electron chi connectivity index (χ1n) is 4.35. The van der Waals surface area contributed by atoms with Gasteiger partial charge in [0.25, 0.3) is 0 Å². The highest BCUT2D eigenvalue weighted by molar-refractivity contribution is 5.76. The monoisotopic (exact) mass is 191 g/mol.